The Morgan fingerprint density at radius 3 is 2.47 bits per heavy atom. The van der Waals surface area contributed by atoms with Crippen LogP contribution in [0.4, 0.5) is 0 Å². The summed E-state index contributed by atoms with van der Waals surface area (Å²) in [5, 5.41) is 4.25. The first-order chi connectivity index (χ1) is 14.8. The van der Waals surface area contributed by atoms with E-state index in [1.165, 1.54) is 0 Å². The molecule has 6 heteroatoms. The minimum Gasteiger partial charge on any atom is -0.335 e. The van der Waals surface area contributed by atoms with E-state index in [-0.39, 0.29) is 5.91 Å². The van der Waals surface area contributed by atoms with E-state index in [1.807, 2.05) is 59.5 Å². The van der Waals surface area contributed by atoms with Gasteiger partial charge >= 0.3 is 0 Å². The molecule has 150 valence electrons. The Hall–Kier alpha value is -3.09. The van der Waals surface area contributed by atoms with Crippen molar-refractivity contribution in [3.63, 3.8) is 0 Å². The topological polar surface area (TPSA) is 49.3 Å². The zero-order valence-corrected chi connectivity index (χ0v) is 17.4. The number of carbonyl (C=O) groups excluding carboxylic acids is 1. The van der Waals surface area contributed by atoms with Crippen LogP contribution in [0.25, 0.3) is 21.5 Å². The van der Waals surface area contributed by atoms with Crippen molar-refractivity contribution in [2.24, 2.45) is 0 Å². The highest BCUT2D eigenvalue weighted by Gasteiger charge is 2.23. The van der Waals surface area contributed by atoms with E-state index < -0.39 is 0 Å². The third kappa shape index (κ3) is 3.97. The third-order valence-electron chi connectivity index (χ3n) is 5.44. The maximum absolute atomic E-state index is 12.9. The van der Waals surface area contributed by atoms with Gasteiger partial charge in [-0.3, -0.25) is 9.69 Å². The molecule has 3 heterocycles. The van der Waals surface area contributed by atoms with Crippen molar-refractivity contribution in [3.05, 3.63) is 83.5 Å². The van der Waals surface area contributed by atoms with Gasteiger partial charge in [0.1, 0.15) is 10.7 Å². The van der Waals surface area contributed by atoms with Gasteiger partial charge in [-0.2, -0.15) is 0 Å². The lowest BCUT2D eigenvalue weighted by Gasteiger charge is -2.34. The van der Waals surface area contributed by atoms with Crippen LogP contribution in [-0.2, 0) is 6.54 Å². The van der Waals surface area contributed by atoms with Crippen molar-refractivity contribution in [2.45, 2.75) is 6.54 Å². The molecule has 5 nitrogen and oxygen atoms in total. The van der Waals surface area contributed by atoms with E-state index in [9.17, 15) is 4.79 Å². The van der Waals surface area contributed by atoms with Crippen molar-refractivity contribution in [1.29, 1.82) is 0 Å². The Labute approximate surface area is 179 Å². The molecule has 30 heavy (non-hydrogen) atoms. The lowest BCUT2D eigenvalue weighted by atomic mass is 10.2. The smallest absolute Gasteiger partial charge is 0.272 e. The number of hydrogen-bond acceptors (Lipinski definition) is 5. The molecular formula is C24H22N4OS. The van der Waals surface area contributed by atoms with Gasteiger partial charge < -0.3 is 4.90 Å². The van der Waals surface area contributed by atoms with Gasteiger partial charge in [0.05, 0.1) is 11.2 Å². The van der Waals surface area contributed by atoms with E-state index in [0.29, 0.717) is 18.8 Å². The van der Waals surface area contributed by atoms with Crippen LogP contribution in [0.1, 0.15) is 16.2 Å². The maximum atomic E-state index is 12.9. The number of nitrogens with zero attached hydrogens (tertiary/aromatic N) is 4. The average Bonchev–Trinajstić information content (AvgIpc) is 3.28. The lowest BCUT2D eigenvalue weighted by molar-refractivity contribution is 0.0622. The van der Waals surface area contributed by atoms with Crippen molar-refractivity contribution in [3.8, 4) is 10.6 Å². The largest absolute Gasteiger partial charge is 0.335 e. The Bertz CT molecular complexity index is 1170. The molecule has 1 amide bonds. The number of aromatic nitrogens is 2. The van der Waals surface area contributed by atoms with Crippen LogP contribution in [-0.4, -0.2) is 51.9 Å². The molecule has 0 bridgehead atoms. The van der Waals surface area contributed by atoms with Crippen LogP contribution >= 0.6 is 11.3 Å². The number of thiazole rings is 1. The van der Waals surface area contributed by atoms with Crippen LogP contribution in [0, 0.1) is 0 Å². The van der Waals surface area contributed by atoms with Gasteiger partial charge in [0, 0.05) is 49.1 Å². The van der Waals surface area contributed by atoms with Gasteiger partial charge in [-0.15, -0.1) is 11.3 Å². The molecule has 5 rings (SSSR count). The van der Waals surface area contributed by atoms with Crippen LogP contribution in [0.5, 0.6) is 0 Å². The highest BCUT2D eigenvalue weighted by Crippen LogP contribution is 2.24. The predicted molar refractivity (Wildman–Crippen MR) is 120 cm³/mol. The summed E-state index contributed by atoms with van der Waals surface area (Å²) < 4.78 is 0. The van der Waals surface area contributed by atoms with E-state index in [0.717, 1.165) is 46.8 Å². The fourth-order valence-corrected chi connectivity index (χ4v) is 4.60. The molecule has 4 aromatic rings. The van der Waals surface area contributed by atoms with Crippen molar-refractivity contribution in [1.82, 2.24) is 19.8 Å². The van der Waals surface area contributed by atoms with Crippen molar-refractivity contribution in [2.75, 3.05) is 26.2 Å². The Kier molecular flexibility index (Phi) is 5.26. The summed E-state index contributed by atoms with van der Waals surface area (Å²) in [5.41, 5.74) is 3.63. The number of pyridine rings is 1. The van der Waals surface area contributed by atoms with Gasteiger partial charge in [0.25, 0.3) is 5.91 Å². The molecule has 0 spiro atoms. The van der Waals surface area contributed by atoms with Gasteiger partial charge in [0.2, 0.25) is 0 Å². The first kappa shape index (κ1) is 18.9. The second kappa shape index (κ2) is 8.34. The number of para-hydroxylation sites is 1. The number of carbonyl (C=O) groups is 1. The zero-order valence-electron chi connectivity index (χ0n) is 16.6. The summed E-state index contributed by atoms with van der Waals surface area (Å²) in [6.07, 6.45) is 0. The number of benzene rings is 2. The quantitative estimate of drug-likeness (QED) is 0.499. The zero-order chi connectivity index (χ0) is 20.3. The number of hydrogen-bond donors (Lipinski definition) is 0. The molecule has 1 aliphatic heterocycles. The van der Waals surface area contributed by atoms with Crippen LogP contribution in [0.15, 0.2) is 72.1 Å². The molecule has 1 aliphatic rings. The Morgan fingerprint density at radius 2 is 1.63 bits per heavy atom. The number of fused-ring (bicyclic) bond motifs is 1. The Balaban J connectivity index is 1.20. The molecule has 1 saturated heterocycles. The minimum atomic E-state index is 0.0143. The first-order valence-corrected chi connectivity index (χ1v) is 11.0. The van der Waals surface area contributed by atoms with Crippen molar-refractivity contribution >= 4 is 28.1 Å². The fourth-order valence-electron chi connectivity index (χ4n) is 3.78. The van der Waals surface area contributed by atoms with Gasteiger partial charge in [-0.05, 0) is 12.1 Å². The minimum absolute atomic E-state index is 0.0143. The normalized spacial score (nSPS) is 14.9. The third-order valence-corrected chi connectivity index (χ3v) is 6.38. The molecule has 0 radical (unpaired) electrons. The Morgan fingerprint density at radius 1 is 0.867 bits per heavy atom. The molecule has 2 aromatic heterocycles. The van der Waals surface area contributed by atoms with Crippen LogP contribution in [0.2, 0.25) is 0 Å². The monoisotopic (exact) mass is 414 g/mol. The highest BCUT2D eigenvalue weighted by molar-refractivity contribution is 7.13. The highest BCUT2D eigenvalue weighted by atomic mass is 32.1. The molecule has 0 aliphatic carbocycles. The molecule has 0 N–H and O–H groups in total. The number of piperazine rings is 1. The number of rotatable bonds is 4. The van der Waals surface area contributed by atoms with E-state index in [1.54, 1.807) is 11.3 Å². The lowest BCUT2D eigenvalue weighted by Crippen LogP contribution is -2.48. The second-order valence-electron chi connectivity index (χ2n) is 7.47. The maximum Gasteiger partial charge on any atom is 0.272 e. The first-order valence-electron chi connectivity index (χ1n) is 10.1. The molecular weight excluding hydrogens is 392 g/mol. The van der Waals surface area contributed by atoms with Crippen molar-refractivity contribution < 1.29 is 4.79 Å². The summed E-state index contributed by atoms with van der Waals surface area (Å²) in [6.45, 7) is 3.93. The summed E-state index contributed by atoms with van der Waals surface area (Å²) in [4.78, 5) is 26.5. The van der Waals surface area contributed by atoms with Gasteiger partial charge in [-0.25, -0.2) is 9.97 Å². The SMILES string of the molecule is O=C(c1ccc2ccccc2n1)N1CCN(Cc2csc(-c3ccccc3)n2)CC1. The molecule has 0 atom stereocenters. The van der Waals surface area contributed by atoms with Gasteiger partial charge in [-0.1, -0.05) is 54.6 Å². The number of amides is 1. The summed E-state index contributed by atoms with van der Waals surface area (Å²) in [6, 6.07) is 22.0. The average molecular weight is 415 g/mol. The summed E-state index contributed by atoms with van der Waals surface area (Å²) >= 11 is 1.68. The van der Waals surface area contributed by atoms with Crippen LogP contribution in [0.3, 0.4) is 0 Å². The predicted octanol–water partition coefficient (Wildman–Crippen LogP) is 4.32. The van der Waals surface area contributed by atoms with E-state index >= 15 is 0 Å². The summed E-state index contributed by atoms with van der Waals surface area (Å²) in [7, 11) is 0. The van der Waals surface area contributed by atoms with Crippen LogP contribution < -0.4 is 0 Å². The van der Waals surface area contributed by atoms with E-state index in [2.05, 4.69) is 27.4 Å². The van der Waals surface area contributed by atoms with E-state index in [4.69, 9.17) is 4.98 Å². The van der Waals surface area contributed by atoms with Gasteiger partial charge in [0.15, 0.2) is 0 Å². The second-order valence-corrected chi connectivity index (χ2v) is 8.33. The standard InChI is InChI=1S/C24H22N4OS/c29-24(22-11-10-18-6-4-5-9-21(18)26-22)28-14-12-27(13-15-28)16-20-17-30-23(25-20)19-7-2-1-3-8-19/h1-11,17H,12-16H2. The molecule has 1 fully saturated rings. The molecule has 2 aromatic carbocycles. The fraction of sp³-hybridized carbons (Fsp3) is 0.208. The molecule has 0 unspecified atom stereocenters. The molecule has 0 saturated carbocycles. The summed E-state index contributed by atoms with van der Waals surface area (Å²) in [5.74, 6) is 0.0143.